The molecule has 2 nitrogen and oxygen atoms in total. The zero-order chi connectivity index (χ0) is 31.3. The summed E-state index contributed by atoms with van der Waals surface area (Å²) in [6.07, 6.45) is -10.5. The van der Waals surface area contributed by atoms with Gasteiger partial charge < -0.3 is 9.13 Å². The van der Waals surface area contributed by atoms with Crippen molar-refractivity contribution in [3.63, 3.8) is 0 Å². The number of alkyl halides is 6. The fourth-order valence-corrected chi connectivity index (χ4v) is 6.43. The van der Waals surface area contributed by atoms with Crippen LogP contribution in [0, 0.1) is 27.7 Å². The quantitative estimate of drug-likeness (QED) is 0.175. The van der Waals surface area contributed by atoms with Crippen LogP contribution in [0.4, 0.5) is 26.3 Å². The Morgan fingerprint density at radius 1 is 0.386 bits per heavy atom. The van der Waals surface area contributed by atoms with Gasteiger partial charge in [-0.05, 0) is 88.4 Å². The lowest BCUT2D eigenvalue weighted by Crippen LogP contribution is -2.19. The smallest absolute Gasteiger partial charge is 0.307 e. The number of hydrogen-bond acceptors (Lipinski definition) is 0. The molecule has 0 N–H and O–H groups in total. The molecule has 0 amide bonds. The third-order valence-corrected chi connectivity index (χ3v) is 8.36. The number of benzene rings is 5. The number of aromatic nitrogens is 2. The van der Waals surface area contributed by atoms with E-state index in [9.17, 15) is 26.3 Å². The molecule has 0 unspecified atom stereocenters. The number of rotatable bonds is 2. The third kappa shape index (κ3) is 4.26. The molecule has 0 aliphatic carbocycles. The third-order valence-electron chi connectivity index (χ3n) is 8.36. The fourth-order valence-electron chi connectivity index (χ4n) is 6.43. The van der Waals surface area contributed by atoms with Crippen molar-refractivity contribution in [1.82, 2.24) is 9.13 Å². The molecule has 8 heteroatoms. The SMILES string of the molecule is Cc1ccc2c(c1)c1cc(C)ccc1n2-c1cc(C(F)(F)F)c(C(F)(F)F)cc1-n1c2ccc(C)cc2c2cc(C)ccc21. The lowest BCUT2D eigenvalue weighted by Gasteiger charge is -2.23. The second kappa shape index (κ2) is 9.39. The van der Waals surface area contributed by atoms with Crippen molar-refractivity contribution < 1.29 is 26.3 Å². The van der Waals surface area contributed by atoms with Gasteiger partial charge in [0.25, 0.3) is 0 Å². The van der Waals surface area contributed by atoms with E-state index in [1.54, 1.807) is 9.13 Å². The van der Waals surface area contributed by atoms with Crippen LogP contribution in [0.3, 0.4) is 0 Å². The second-order valence-corrected chi connectivity index (χ2v) is 11.6. The van der Waals surface area contributed by atoms with Gasteiger partial charge in [-0.1, -0.05) is 46.5 Å². The summed E-state index contributed by atoms with van der Waals surface area (Å²) >= 11 is 0. The Morgan fingerprint density at radius 2 is 0.636 bits per heavy atom. The van der Waals surface area contributed by atoms with Gasteiger partial charge in [-0.2, -0.15) is 26.3 Å². The van der Waals surface area contributed by atoms with Crippen LogP contribution in [0.25, 0.3) is 55.0 Å². The van der Waals surface area contributed by atoms with Crippen molar-refractivity contribution in [2.24, 2.45) is 0 Å². The molecule has 44 heavy (non-hydrogen) atoms. The standard InChI is InChI=1S/C36H26F6N2/c1-19-5-9-29-23(13-19)24-14-20(2)6-10-30(24)43(29)33-17-27(35(37,38)39)28(36(40,41)42)18-34(33)44-31-11-7-21(3)15-25(31)26-16-22(4)8-12-32(26)44/h5-18H,1-4H3. The Balaban J connectivity index is 1.74. The molecule has 7 aromatic rings. The van der Waals surface area contributed by atoms with Gasteiger partial charge in [0.15, 0.2) is 0 Å². The average molecular weight is 601 g/mol. The van der Waals surface area contributed by atoms with Gasteiger partial charge in [-0.15, -0.1) is 0 Å². The van der Waals surface area contributed by atoms with Crippen molar-refractivity contribution in [3.8, 4) is 11.4 Å². The molecule has 0 radical (unpaired) electrons. The molecule has 7 rings (SSSR count). The molecular formula is C36H26F6N2. The summed E-state index contributed by atoms with van der Waals surface area (Å²) in [5.41, 5.74) is 2.73. The molecular weight excluding hydrogens is 574 g/mol. The van der Waals surface area contributed by atoms with Crippen LogP contribution in [0.1, 0.15) is 33.4 Å². The summed E-state index contributed by atoms with van der Waals surface area (Å²) in [4.78, 5) is 0. The van der Waals surface area contributed by atoms with Gasteiger partial charge in [-0.3, -0.25) is 0 Å². The average Bonchev–Trinajstić information content (AvgIpc) is 3.42. The van der Waals surface area contributed by atoms with Crippen LogP contribution < -0.4 is 0 Å². The van der Waals surface area contributed by atoms with Crippen LogP contribution in [-0.2, 0) is 12.4 Å². The maximum atomic E-state index is 14.5. The zero-order valence-electron chi connectivity index (χ0n) is 24.2. The van der Waals surface area contributed by atoms with E-state index in [1.165, 1.54) is 0 Å². The zero-order valence-corrected chi connectivity index (χ0v) is 24.2. The van der Waals surface area contributed by atoms with Crippen molar-refractivity contribution >= 4 is 43.6 Å². The van der Waals surface area contributed by atoms with Gasteiger partial charge in [-0.25, -0.2) is 0 Å². The van der Waals surface area contributed by atoms with Crippen molar-refractivity contribution in [2.75, 3.05) is 0 Å². The highest BCUT2D eigenvalue weighted by Gasteiger charge is 2.44. The summed E-state index contributed by atoms with van der Waals surface area (Å²) in [6.45, 7) is 7.69. The monoisotopic (exact) mass is 600 g/mol. The number of hydrogen-bond donors (Lipinski definition) is 0. The molecule has 0 saturated carbocycles. The number of halogens is 6. The van der Waals surface area contributed by atoms with Gasteiger partial charge in [0.2, 0.25) is 0 Å². The van der Waals surface area contributed by atoms with E-state index in [1.807, 2.05) is 100 Å². The molecule has 0 spiro atoms. The minimum absolute atomic E-state index is 0.00187. The van der Waals surface area contributed by atoms with Gasteiger partial charge in [0, 0.05) is 21.5 Å². The maximum absolute atomic E-state index is 14.5. The first-order valence-corrected chi connectivity index (χ1v) is 14.1. The molecule has 2 heterocycles. The van der Waals surface area contributed by atoms with Crippen LogP contribution >= 0.6 is 0 Å². The minimum Gasteiger partial charge on any atom is -0.307 e. The number of nitrogens with zero attached hydrogens (tertiary/aromatic N) is 2. The highest BCUT2D eigenvalue weighted by Crippen LogP contribution is 2.46. The lowest BCUT2D eigenvalue weighted by atomic mass is 10.0. The lowest BCUT2D eigenvalue weighted by molar-refractivity contribution is -0.162. The number of aryl methyl sites for hydroxylation is 4. The van der Waals surface area contributed by atoms with Crippen LogP contribution in [0.15, 0.2) is 84.9 Å². The van der Waals surface area contributed by atoms with Crippen molar-refractivity contribution in [2.45, 2.75) is 40.0 Å². The van der Waals surface area contributed by atoms with E-state index >= 15 is 0 Å². The van der Waals surface area contributed by atoms with Crippen molar-refractivity contribution in [3.05, 3.63) is 118 Å². The van der Waals surface area contributed by atoms with E-state index in [4.69, 9.17) is 0 Å². The number of fused-ring (bicyclic) bond motifs is 6. The molecule has 0 aliphatic rings. The molecule has 0 fully saturated rings. The normalized spacial score (nSPS) is 12.8. The summed E-state index contributed by atoms with van der Waals surface area (Å²) in [5.74, 6) is 0. The topological polar surface area (TPSA) is 9.86 Å². The highest BCUT2D eigenvalue weighted by atomic mass is 19.4. The summed E-state index contributed by atoms with van der Waals surface area (Å²) < 4.78 is 90.2. The van der Waals surface area contributed by atoms with E-state index in [0.29, 0.717) is 34.2 Å². The molecule has 5 aromatic carbocycles. The Hall–Kier alpha value is -4.72. The second-order valence-electron chi connectivity index (χ2n) is 11.6. The maximum Gasteiger partial charge on any atom is 0.417 e. The summed E-state index contributed by atoms with van der Waals surface area (Å²) in [7, 11) is 0. The van der Waals surface area contributed by atoms with Crippen LogP contribution in [0.5, 0.6) is 0 Å². The first-order valence-electron chi connectivity index (χ1n) is 14.1. The van der Waals surface area contributed by atoms with Crippen LogP contribution in [-0.4, -0.2) is 9.13 Å². The Bertz CT molecular complexity index is 2020. The summed E-state index contributed by atoms with van der Waals surface area (Å²) in [6, 6.07) is 23.8. The Morgan fingerprint density at radius 3 is 0.864 bits per heavy atom. The first-order chi connectivity index (χ1) is 20.7. The Kier molecular flexibility index (Phi) is 5.99. The molecule has 0 aliphatic heterocycles. The largest absolute Gasteiger partial charge is 0.417 e. The molecule has 0 saturated heterocycles. The van der Waals surface area contributed by atoms with Gasteiger partial charge in [0.1, 0.15) is 0 Å². The van der Waals surface area contributed by atoms with Crippen LogP contribution in [0.2, 0.25) is 0 Å². The van der Waals surface area contributed by atoms with E-state index in [2.05, 4.69) is 0 Å². The fraction of sp³-hybridized carbons (Fsp3) is 0.167. The predicted octanol–water partition coefficient (Wildman–Crippen LogP) is 11.2. The van der Waals surface area contributed by atoms with E-state index < -0.39 is 23.5 Å². The van der Waals surface area contributed by atoms with Gasteiger partial charge in [0.05, 0.1) is 44.6 Å². The van der Waals surface area contributed by atoms with Gasteiger partial charge >= 0.3 is 12.4 Å². The van der Waals surface area contributed by atoms with E-state index in [-0.39, 0.29) is 11.4 Å². The first kappa shape index (κ1) is 28.1. The molecule has 0 atom stereocenters. The molecule has 0 bridgehead atoms. The highest BCUT2D eigenvalue weighted by molar-refractivity contribution is 6.12. The van der Waals surface area contributed by atoms with E-state index in [0.717, 1.165) is 43.8 Å². The Labute approximate surface area is 248 Å². The predicted molar refractivity (Wildman–Crippen MR) is 164 cm³/mol. The summed E-state index contributed by atoms with van der Waals surface area (Å²) in [5, 5.41) is 3.21. The molecule has 222 valence electrons. The molecule has 2 aromatic heterocycles. The minimum atomic E-state index is -5.25. The van der Waals surface area contributed by atoms with Crippen molar-refractivity contribution in [1.29, 1.82) is 0 Å².